The van der Waals surface area contributed by atoms with E-state index in [0.29, 0.717) is 22.8 Å². The third kappa shape index (κ3) is 1.98. The molecule has 0 aromatic heterocycles. The topological polar surface area (TPSA) is 38.0 Å². The molecule has 2 rings (SSSR count). The van der Waals surface area contributed by atoms with Crippen molar-refractivity contribution in [1.29, 1.82) is 0 Å². The van der Waals surface area contributed by atoms with Crippen LogP contribution in [0.4, 0.5) is 0 Å². The van der Waals surface area contributed by atoms with Crippen LogP contribution in [0.15, 0.2) is 24.3 Å². The van der Waals surface area contributed by atoms with Gasteiger partial charge in [0, 0.05) is 6.04 Å². The van der Waals surface area contributed by atoms with Crippen LogP contribution in [0.3, 0.4) is 0 Å². The molecule has 100 valence electrons. The number of nitrogens with one attached hydrogen (secondary N) is 1. The van der Waals surface area contributed by atoms with Crippen molar-refractivity contribution in [1.82, 2.24) is 5.43 Å². The first kappa shape index (κ1) is 13.6. The van der Waals surface area contributed by atoms with E-state index in [9.17, 15) is 0 Å². The molecule has 1 aromatic rings. The molecule has 1 aliphatic carbocycles. The highest BCUT2D eigenvalue weighted by Crippen LogP contribution is 2.69. The predicted octanol–water partition coefficient (Wildman–Crippen LogP) is 3.05. The molecule has 1 saturated carbocycles. The summed E-state index contributed by atoms with van der Waals surface area (Å²) in [5.74, 6) is 6.44. The fourth-order valence-electron chi connectivity index (χ4n) is 3.60. The minimum Gasteiger partial charge on any atom is -0.271 e. The maximum absolute atomic E-state index is 5.80. The summed E-state index contributed by atoms with van der Waals surface area (Å²) in [4.78, 5) is 0. The van der Waals surface area contributed by atoms with Crippen LogP contribution in [0.5, 0.6) is 0 Å². The first-order valence-corrected chi connectivity index (χ1v) is 6.83. The average molecular weight is 246 g/mol. The number of nitrogens with two attached hydrogens (primary N) is 1. The molecule has 0 radical (unpaired) electrons. The number of benzene rings is 1. The quantitative estimate of drug-likeness (QED) is 0.633. The largest absolute Gasteiger partial charge is 0.271 e. The molecule has 2 heteroatoms. The molecular weight excluding hydrogens is 220 g/mol. The molecular formula is C16H26N2. The highest BCUT2D eigenvalue weighted by atomic mass is 15.2. The third-order valence-corrected chi connectivity index (χ3v) is 5.45. The van der Waals surface area contributed by atoms with Gasteiger partial charge in [-0.3, -0.25) is 11.3 Å². The normalized spacial score (nSPS) is 22.8. The molecule has 0 saturated heterocycles. The van der Waals surface area contributed by atoms with E-state index in [1.807, 2.05) is 0 Å². The monoisotopic (exact) mass is 246 g/mol. The Kier molecular flexibility index (Phi) is 3.28. The smallest absolute Gasteiger partial charge is 0.0289 e. The van der Waals surface area contributed by atoms with Crippen molar-refractivity contribution in [3.05, 3.63) is 35.4 Å². The van der Waals surface area contributed by atoms with Gasteiger partial charge in [-0.05, 0) is 41.2 Å². The number of hydrogen-bond donors (Lipinski definition) is 2. The van der Waals surface area contributed by atoms with E-state index in [0.717, 1.165) is 6.42 Å². The Morgan fingerprint density at radius 3 is 2.17 bits per heavy atom. The molecule has 0 aliphatic heterocycles. The average Bonchev–Trinajstić information content (AvgIpc) is 2.70. The molecule has 2 nitrogen and oxygen atoms in total. The van der Waals surface area contributed by atoms with Crippen LogP contribution in [0.1, 0.15) is 38.8 Å². The summed E-state index contributed by atoms with van der Waals surface area (Å²) in [6.07, 6.45) is 1.01. The Morgan fingerprint density at radius 1 is 1.17 bits per heavy atom. The lowest BCUT2D eigenvalue weighted by molar-refractivity contribution is 0.402. The van der Waals surface area contributed by atoms with Crippen molar-refractivity contribution in [3.8, 4) is 0 Å². The van der Waals surface area contributed by atoms with E-state index in [2.05, 4.69) is 64.3 Å². The van der Waals surface area contributed by atoms with Crippen LogP contribution in [-0.2, 0) is 6.42 Å². The minimum atomic E-state index is 0.357. The van der Waals surface area contributed by atoms with Crippen molar-refractivity contribution in [3.63, 3.8) is 0 Å². The fraction of sp³-hybridized carbons (Fsp3) is 0.625. The Morgan fingerprint density at radius 2 is 1.72 bits per heavy atom. The van der Waals surface area contributed by atoms with Crippen LogP contribution in [0.2, 0.25) is 0 Å². The van der Waals surface area contributed by atoms with Crippen LogP contribution in [-0.4, -0.2) is 6.04 Å². The maximum Gasteiger partial charge on any atom is 0.0289 e. The van der Waals surface area contributed by atoms with Gasteiger partial charge in [0.25, 0.3) is 0 Å². The number of rotatable bonds is 4. The van der Waals surface area contributed by atoms with Gasteiger partial charge in [0.15, 0.2) is 0 Å². The molecule has 1 fully saturated rings. The second-order valence-corrected chi connectivity index (χ2v) is 6.82. The standard InChI is InChI=1S/C16H26N2/c1-11-8-6-7-9-12(11)10-13(18-17)14-15(2,3)16(14,4)5/h6-9,13-14,18H,10,17H2,1-5H3. The molecule has 18 heavy (non-hydrogen) atoms. The van der Waals surface area contributed by atoms with Crippen LogP contribution in [0.25, 0.3) is 0 Å². The second kappa shape index (κ2) is 4.36. The number of hydrazine groups is 1. The van der Waals surface area contributed by atoms with E-state index < -0.39 is 0 Å². The lowest BCUT2D eigenvalue weighted by Crippen LogP contribution is -2.40. The van der Waals surface area contributed by atoms with E-state index in [1.165, 1.54) is 11.1 Å². The van der Waals surface area contributed by atoms with Gasteiger partial charge in [-0.15, -0.1) is 0 Å². The first-order valence-electron chi connectivity index (χ1n) is 6.83. The summed E-state index contributed by atoms with van der Waals surface area (Å²) in [5.41, 5.74) is 6.54. The fourth-order valence-corrected chi connectivity index (χ4v) is 3.60. The van der Waals surface area contributed by atoms with E-state index >= 15 is 0 Å². The highest BCUT2D eigenvalue weighted by Gasteiger charge is 2.66. The Balaban J connectivity index is 2.16. The van der Waals surface area contributed by atoms with Gasteiger partial charge >= 0.3 is 0 Å². The van der Waals surface area contributed by atoms with Gasteiger partial charge in [-0.1, -0.05) is 52.0 Å². The lowest BCUT2D eigenvalue weighted by atomic mass is 9.95. The van der Waals surface area contributed by atoms with E-state index in [1.54, 1.807) is 0 Å². The summed E-state index contributed by atoms with van der Waals surface area (Å²) >= 11 is 0. The maximum atomic E-state index is 5.80. The third-order valence-electron chi connectivity index (χ3n) is 5.45. The second-order valence-electron chi connectivity index (χ2n) is 6.82. The Hall–Kier alpha value is -0.860. The predicted molar refractivity (Wildman–Crippen MR) is 77.0 cm³/mol. The SMILES string of the molecule is Cc1ccccc1CC(NN)C1C(C)(C)C1(C)C. The van der Waals surface area contributed by atoms with Gasteiger partial charge in [-0.2, -0.15) is 0 Å². The van der Waals surface area contributed by atoms with E-state index in [4.69, 9.17) is 5.84 Å². The number of hydrogen-bond acceptors (Lipinski definition) is 2. The first-order chi connectivity index (χ1) is 8.32. The zero-order valence-corrected chi connectivity index (χ0v) is 12.2. The molecule has 0 heterocycles. The Bertz CT molecular complexity index is 420. The van der Waals surface area contributed by atoms with E-state index in [-0.39, 0.29) is 0 Å². The molecule has 3 N–H and O–H groups in total. The molecule has 1 unspecified atom stereocenters. The van der Waals surface area contributed by atoms with Crippen molar-refractivity contribution in [2.24, 2.45) is 22.6 Å². The Labute approximate surface area is 111 Å². The molecule has 1 aromatic carbocycles. The summed E-state index contributed by atoms with van der Waals surface area (Å²) in [6, 6.07) is 8.94. The van der Waals surface area contributed by atoms with Crippen molar-refractivity contribution in [2.75, 3.05) is 0 Å². The summed E-state index contributed by atoms with van der Waals surface area (Å²) in [6.45, 7) is 11.6. The summed E-state index contributed by atoms with van der Waals surface area (Å²) in [5, 5.41) is 0. The van der Waals surface area contributed by atoms with Crippen LogP contribution >= 0.6 is 0 Å². The van der Waals surface area contributed by atoms with Gasteiger partial charge < -0.3 is 0 Å². The molecule has 1 atom stereocenters. The van der Waals surface area contributed by atoms with Gasteiger partial charge in [0.05, 0.1) is 0 Å². The lowest BCUT2D eigenvalue weighted by Gasteiger charge is -2.19. The van der Waals surface area contributed by atoms with Gasteiger partial charge in [-0.25, -0.2) is 0 Å². The minimum absolute atomic E-state index is 0.357. The zero-order valence-electron chi connectivity index (χ0n) is 12.2. The van der Waals surface area contributed by atoms with Crippen LogP contribution in [0, 0.1) is 23.7 Å². The van der Waals surface area contributed by atoms with Gasteiger partial charge in [0.2, 0.25) is 0 Å². The summed E-state index contributed by atoms with van der Waals surface area (Å²) < 4.78 is 0. The van der Waals surface area contributed by atoms with Crippen molar-refractivity contribution >= 4 is 0 Å². The van der Waals surface area contributed by atoms with Crippen molar-refractivity contribution in [2.45, 2.75) is 47.1 Å². The molecule has 0 bridgehead atoms. The molecule has 0 amide bonds. The van der Waals surface area contributed by atoms with Gasteiger partial charge in [0.1, 0.15) is 0 Å². The summed E-state index contributed by atoms with van der Waals surface area (Å²) in [7, 11) is 0. The van der Waals surface area contributed by atoms with Crippen LogP contribution < -0.4 is 11.3 Å². The zero-order chi connectivity index (χ0) is 13.6. The molecule has 1 aliphatic rings. The molecule has 0 spiro atoms. The highest BCUT2D eigenvalue weighted by molar-refractivity contribution is 5.28. The number of aryl methyl sites for hydroxylation is 1. The van der Waals surface area contributed by atoms with Crippen molar-refractivity contribution < 1.29 is 0 Å².